The topological polar surface area (TPSA) is 91.8 Å². The molecule has 2 saturated heterocycles. The van der Waals surface area contributed by atoms with Gasteiger partial charge in [0.2, 0.25) is 15.9 Å². The molecule has 2 heterocycles. The van der Waals surface area contributed by atoms with Gasteiger partial charge in [-0.25, -0.2) is 21.1 Å². The number of hydrogen-bond donors (Lipinski definition) is 0. The van der Waals surface area contributed by atoms with Crippen LogP contribution in [0.15, 0.2) is 0 Å². The molecule has 0 N–H and O–H groups in total. The molecule has 122 valence electrons. The van der Waals surface area contributed by atoms with Crippen LogP contribution in [0.4, 0.5) is 0 Å². The van der Waals surface area contributed by atoms with Crippen LogP contribution in [0.1, 0.15) is 25.7 Å². The average Bonchev–Trinajstić information content (AvgIpc) is 2.76. The van der Waals surface area contributed by atoms with Crippen molar-refractivity contribution in [3.8, 4) is 0 Å². The number of nitrogens with zero attached hydrogens (tertiary/aromatic N) is 2. The lowest BCUT2D eigenvalue weighted by Gasteiger charge is -2.28. The van der Waals surface area contributed by atoms with E-state index in [0.717, 1.165) is 6.42 Å². The molecule has 0 aromatic heterocycles. The fraction of sp³-hybridized carbons (Fsp3) is 0.917. The molecule has 21 heavy (non-hydrogen) atoms. The zero-order valence-corrected chi connectivity index (χ0v) is 13.8. The minimum Gasteiger partial charge on any atom is -0.342 e. The molecule has 2 aliphatic heterocycles. The highest BCUT2D eigenvalue weighted by Crippen LogP contribution is 2.18. The number of rotatable bonds is 4. The highest BCUT2D eigenvalue weighted by molar-refractivity contribution is 7.91. The van der Waals surface area contributed by atoms with Crippen molar-refractivity contribution >= 4 is 25.8 Å². The van der Waals surface area contributed by atoms with Crippen LogP contribution in [-0.4, -0.2) is 75.4 Å². The van der Waals surface area contributed by atoms with Crippen molar-refractivity contribution in [2.45, 2.75) is 31.7 Å². The van der Waals surface area contributed by atoms with Crippen molar-refractivity contribution < 1.29 is 21.6 Å². The minimum atomic E-state index is -3.22. The zero-order chi connectivity index (χ0) is 15.7. The van der Waals surface area contributed by atoms with Crippen molar-refractivity contribution in [1.29, 1.82) is 0 Å². The first kappa shape index (κ1) is 16.7. The third kappa shape index (κ3) is 4.17. The largest absolute Gasteiger partial charge is 0.342 e. The molecule has 0 aromatic rings. The molecule has 0 saturated carbocycles. The van der Waals surface area contributed by atoms with E-state index in [1.165, 1.54) is 9.21 Å². The van der Waals surface area contributed by atoms with Crippen LogP contribution < -0.4 is 0 Å². The Morgan fingerprint density at radius 3 is 2.48 bits per heavy atom. The van der Waals surface area contributed by atoms with Crippen LogP contribution in [0.3, 0.4) is 0 Å². The lowest BCUT2D eigenvalue weighted by Crippen LogP contribution is -2.42. The van der Waals surface area contributed by atoms with Gasteiger partial charge in [-0.1, -0.05) is 0 Å². The van der Waals surface area contributed by atoms with E-state index in [4.69, 9.17) is 0 Å². The summed E-state index contributed by atoms with van der Waals surface area (Å²) in [6.07, 6.45) is 2.07. The first-order valence-electron chi connectivity index (χ1n) is 7.15. The molecule has 9 heteroatoms. The van der Waals surface area contributed by atoms with E-state index < -0.39 is 19.9 Å². The Morgan fingerprint density at radius 1 is 1.19 bits per heavy atom. The second-order valence-corrected chi connectivity index (χ2v) is 10.1. The zero-order valence-electron chi connectivity index (χ0n) is 12.2. The second kappa shape index (κ2) is 6.21. The molecule has 0 radical (unpaired) electrons. The Morgan fingerprint density at radius 2 is 1.90 bits per heavy atom. The van der Waals surface area contributed by atoms with Crippen LogP contribution >= 0.6 is 0 Å². The molecule has 0 spiro atoms. The van der Waals surface area contributed by atoms with Gasteiger partial charge < -0.3 is 4.90 Å². The van der Waals surface area contributed by atoms with Gasteiger partial charge >= 0.3 is 0 Å². The molecule has 1 unspecified atom stereocenters. The van der Waals surface area contributed by atoms with E-state index in [0.29, 0.717) is 19.4 Å². The number of carbonyl (C=O) groups excluding carboxylic acids is 1. The van der Waals surface area contributed by atoms with E-state index in [1.807, 2.05) is 0 Å². The standard InChI is InChI=1S/C12H22N2O5S2/c1-13(11-5-9-20(16,17)10-11)12(15)4-7-14-6-2-3-8-21(14,18)19/h11H,2-10H2,1H3. The van der Waals surface area contributed by atoms with Crippen molar-refractivity contribution in [1.82, 2.24) is 9.21 Å². The van der Waals surface area contributed by atoms with Crippen LogP contribution in [0.2, 0.25) is 0 Å². The van der Waals surface area contributed by atoms with E-state index in [1.54, 1.807) is 7.05 Å². The van der Waals surface area contributed by atoms with E-state index >= 15 is 0 Å². The maximum atomic E-state index is 12.1. The quantitative estimate of drug-likeness (QED) is 0.686. The summed E-state index contributed by atoms with van der Waals surface area (Å²) in [7, 11) is -4.65. The van der Waals surface area contributed by atoms with Gasteiger partial charge in [0.1, 0.15) is 0 Å². The summed E-state index contributed by atoms with van der Waals surface area (Å²) in [6, 6.07) is -0.277. The molecular weight excluding hydrogens is 316 g/mol. The van der Waals surface area contributed by atoms with Crippen molar-refractivity contribution in [3.05, 3.63) is 0 Å². The average molecular weight is 338 g/mol. The Hall–Kier alpha value is -0.670. The van der Waals surface area contributed by atoms with E-state index in [2.05, 4.69) is 0 Å². The minimum absolute atomic E-state index is 0.0112. The Balaban J connectivity index is 1.87. The normalized spacial score (nSPS) is 28.3. The molecule has 0 aliphatic carbocycles. The van der Waals surface area contributed by atoms with Gasteiger partial charge in [-0.3, -0.25) is 4.79 Å². The molecule has 0 bridgehead atoms. The summed E-state index contributed by atoms with van der Waals surface area (Å²) in [6.45, 7) is 0.655. The summed E-state index contributed by atoms with van der Waals surface area (Å²) in [5.74, 6) is 0.0863. The Kier molecular flexibility index (Phi) is 4.94. The summed E-state index contributed by atoms with van der Waals surface area (Å²) in [5.41, 5.74) is 0. The predicted octanol–water partition coefficient (Wildman–Crippen LogP) is -0.552. The predicted molar refractivity (Wildman–Crippen MR) is 79.0 cm³/mol. The van der Waals surface area contributed by atoms with Crippen molar-refractivity contribution in [2.24, 2.45) is 0 Å². The molecule has 1 atom stereocenters. The number of sulfone groups is 1. The SMILES string of the molecule is CN(C(=O)CCN1CCCCS1(=O)=O)C1CCS(=O)(=O)C1. The molecule has 2 aliphatic rings. The van der Waals surface area contributed by atoms with Crippen molar-refractivity contribution in [2.75, 3.05) is 37.4 Å². The molecule has 7 nitrogen and oxygen atoms in total. The molecule has 2 rings (SSSR count). The first-order chi connectivity index (χ1) is 9.71. The third-order valence-electron chi connectivity index (χ3n) is 4.18. The monoisotopic (exact) mass is 338 g/mol. The second-order valence-electron chi connectivity index (χ2n) is 5.73. The number of hydrogen-bond acceptors (Lipinski definition) is 5. The summed E-state index contributed by atoms with van der Waals surface area (Å²) < 4.78 is 47.9. The number of sulfonamides is 1. The number of carbonyl (C=O) groups is 1. The Bertz CT molecular complexity index is 599. The van der Waals surface area contributed by atoms with Gasteiger partial charge in [0, 0.05) is 32.6 Å². The summed E-state index contributed by atoms with van der Waals surface area (Å²) in [4.78, 5) is 13.6. The van der Waals surface area contributed by atoms with Crippen LogP contribution in [-0.2, 0) is 24.7 Å². The van der Waals surface area contributed by atoms with Crippen LogP contribution in [0.5, 0.6) is 0 Å². The maximum Gasteiger partial charge on any atom is 0.223 e. The lowest BCUT2D eigenvalue weighted by atomic mass is 10.2. The molecule has 0 aromatic carbocycles. The van der Waals surface area contributed by atoms with Crippen molar-refractivity contribution in [3.63, 3.8) is 0 Å². The third-order valence-corrected chi connectivity index (χ3v) is 7.88. The highest BCUT2D eigenvalue weighted by atomic mass is 32.2. The Labute approximate surface area is 126 Å². The molecule has 2 fully saturated rings. The number of amides is 1. The van der Waals surface area contributed by atoms with Gasteiger partial charge in [-0.05, 0) is 19.3 Å². The highest BCUT2D eigenvalue weighted by Gasteiger charge is 2.33. The van der Waals surface area contributed by atoms with Gasteiger partial charge in [0.15, 0.2) is 9.84 Å². The van der Waals surface area contributed by atoms with Crippen LogP contribution in [0, 0.1) is 0 Å². The van der Waals surface area contributed by atoms with Crippen LogP contribution in [0.25, 0.3) is 0 Å². The smallest absolute Gasteiger partial charge is 0.223 e. The first-order valence-corrected chi connectivity index (χ1v) is 10.6. The fourth-order valence-electron chi connectivity index (χ4n) is 2.77. The van der Waals surface area contributed by atoms with E-state index in [-0.39, 0.29) is 42.2 Å². The molecular formula is C12H22N2O5S2. The van der Waals surface area contributed by atoms with Gasteiger partial charge in [-0.15, -0.1) is 0 Å². The van der Waals surface area contributed by atoms with Gasteiger partial charge in [0.25, 0.3) is 0 Å². The van der Waals surface area contributed by atoms with E-state index in [9.17, 15) is 21.6 Å². The van der Waals surface area contributed by atoms with Gasteiger partial charge in [0.05, 0.1) is 17.3 Å². The summed E-state index contributed by atoms with van der Waals surface area (Å²) >= 11 is 0. The molecule has 1 amide bonds. The lowest BCUT2D eigenvalue weighted by molar-refractivity contribution is -0.131. The fourth-order valence-corrected chi connectivity index (χ4v) is 6.15. The van der Waals surface area contributed by atoms with Gasteiger partial charge in [-0.2, -0.15) is 0 Å². The summed E-state index contributed by atoms with van der Waals surface area (Å²) in [5, 5.41) is 0. The maximum absolute atomic E-state index is 12.1.